The van der Waals surface area contributed by atoms with Gasteiger partial charge in [-0.25, -0.2) is 4.79 Å². The number of imide groups is 1. The number of carbonyl (C=O) groups is 3. The summed E-state index contributed by atoms with van der Waals surface area (Å²) in [6, 6.07) is 4.26. The summed E-state index contributed by atoms with van der Waals surface area (Å²) in [5.41, 5.74) is 1.22. The van der Waals surface area contributed by atoms with Gasteiger partial charge in [0.15, 0.2) is 0 Å². The summed E-state index contributed by atoms with van der Waals surface area (Å²) in [4.78, 5) is 37.4. The van der Waals surface area contributed by atoms with Crippen molar-refractivity contribution in [1.29, 1.82) is 0 Å². The molecule has 0 fully saturated rings. The van der Waals surface area contributed by atoms with E-state index in [9.17, 15) is 14.4 Å². The number of benzene rings is 1. The highest BCUT2D eigenvalue weighted by molar-refractivity contribution is 6.22. The number of unbranched alkanes of at least 4 members (excludes halogenated alkanes) is 1. The van der Waals surface area contributed by atoms with Crippen LogP contribution in [0.3, 0.4) is 0 Å². The van der Waals surface area contributed by atoms with E-state index in [0.717, 1.165) is 12.8 Å². The third-order valence-corrected chi connectivity index (χ3v) is 3.51. The standard InChI is InChI=1S/C16H21N3O3/c1-4-5-8-17-16(22)18-11-6-7-12-13(9-11)15(21)19(10(2)3)14(12)20/h6-7,9-10H,4-5,8H2,1-3H3,(H2,17,18,22). The van der Waals surface area contributed by atoms with Gasteiger partial charge < -0.3 is 10.6 Å². The Morgan fingerprint density at radius 2 is 1.86 bits per heavy atom. The van der Waals surface area contributed by atoms with E-state index >= 15 is 0 Å². The topological polar surface area (TPSA) is 78.5 Å². The fourth-order valence-corrected chi connectivity index (χ4v) is 2.36. The fourth-order valence-electron chi connectivity index (χ4n) is 2.36. The van der Waals surface area contributed by atoms with E-state index in [1.807, 2.05) is 6.92 Å². The third-order valence-electron chi connectivity index (χ3n) is 3.51. The Morgan fingerprint density at radius 3 is 2.50 bits per heavy atom. The van der Waals surface area contributed by atoms with E-state index in [1.54, 1.807) is 32.0 Å². The molecule has 1 aromatic rings. The van der Waals surface area contributed by atoms with Gasteiger partial charge in [0, 0.05) is 18.3 Å². The molecule has 0 aromatic heterocycles. The Bertz CT molecular complexity index is 611. The first-order chi connectivity index (χ1) is 10.5. The molecule has 6 heteroatoms. The van der Waals surface area contributed by atoms with Crippen LogP contribution < -0.4 is 10.6 Å². The first-order valence-electron chi connectivity index (χ1n) is 7.52. The molecule has 1 heterocycles. The van der Waals surface area contributed by atoms with Gasteiger partial charge in [0.25, 0.3) is 11.8 Å². The predicted molar refractivity (Wildman–Crippen MR) is 84.0 cm³/mol. The molecule has 22 heavy (non-hydrogen) atoms. The molecule has 0 atom stereocenters. The molecule has 1 aliphatic rings. The third kappa shape index (κ3) is 3.10. The maximum atomic E-state index is 12.3. The molecule has 0 unspecified atom stereocenters. The van der Waals surface area contributed by atoms with Gasteiger partial charge in [-0.05, 0) is 38.5 Å². The zero-order valence-electron chi connectivity index (χ0n) is 13.1. The molecule has 0 spiro atoms. The van der Waals surface area contributed by atoms with Crippen molar-refractivity contribution in [2.24, 2.45) is 0 Å². The quantitative estimate of drug-likeness (QED) is 0.648. The molecule has 2 N–H and O–H groups in total. The number of hydrogen-bond acceptors (Lipinski definition) is 3. The monoisotopic (exact) mass is 303 g/mol. The van der Waals surface area contributed by atoms with Gasteiger partial charge in [-0.3, -0.25) is 14.5 Å². The minimum Gasteiger partial charge on any atom is -0.338 e. The van der Waals surface area contributed by atoms with Crippen LogP contribution in [0.1, 0.15) is 54.3 Å². The second-order valence-electron chi connectivity index (χ2n) is 5.57. The van der Waals surface area contributed by atoms with Crippen LogP contribution in [0.2, 0.25) is 0 Å². The maximum Gasteiger partial charge on any atom is 0.319 e. The molecule has 2 rings (SSSR count). The van der Waals surface area contributed by atoms with Crippen molar-refractivity contribution in [3.05, 3.63) is 29.3 Å². The van der Waals surface area contributed by atoms with Gasteiger partial charge in [0.05, 0.1) is 11.1 Å². The van der Waals surface area contributed by atoms with Crippen molar-refractivity contribution >= 4 is 23.5 Å². The average molecular weight is 303 g/mol. The van der Waals surface area contributed by atoms with Crippen LogP contribution in [0, 0.1) is 0 Å². The summed E-state index contributed by atoms with van der Waals surface area (Å²) in [5, 5.41) is 5.41. The summed E-state index contributed by atoms with van der Waals surface area (Å²) < 4.78 is 0. The van der Waals surface area contributed by atoms with Gasteiger partial charge in [-0.2, -0.15) is 0 Å². The molecule has 6 nitrogen and oxygen atoms in total. The van der Waals surface area contributed by atoms with Gasteiger partial charge in [-0.15, -0.1) is 0 Å². The van der Waals surface area contributed by atoms with Crippen molar-refractivity contribution in [2.75, 3.05) is 11.9 Å². The first kappa shape index (κ1) is 16.0. The smallest absolute Gasteiger partial charge is 0.319 e. The van der Waals surface area contributed by atoms with Crippen LogP contribution in [-0.4, -0.2) is 35.3 Å². The fraction of sp³-hybridized carbons (Fsp3) is 0.438. The van der Waals surface area contributed by atoms with E-state index < -0.39 is 0 Å². The van der Waals surface area contributed by atoms with Crippen molar-refractivity contribution in [3.8, 4) is 0 Å². The molecule has 4 amide bonds. The summed E-state index contributed by atoms with van der Waals surface area (Å²) in [6.45, 7) is 6.24. The number of hydrogen-bond donors (Lipinski definition) is 2. The van der Waals surface area contributed by atoms with Crippen LogP contribution >= 0.6 is 0 Å². The molecule has 118 valence electrons. The van der Waals surface area contributed by atoms with Gasteiger partial charge in [-0.1, -0.05) is 13.3 Å². The lowest BCUT2D eigenvalue weighted by Gasteiger charge is -2.17. The minimum atomic E-state index is -0.315. The van der Waals surface area contributed by atoms with E-state index in [-0.39, 0.29) is 23.9 Å². The average Bonchev–Trinajstić information content (AvgIpc) is 2.71. The Hall–Kier alpha value is -2.37. The van der Waals surface area contributed by atoms with Crippen molar-refractivity contribution in [2.45, 2.75) is 39.7 Å². The Kier molecular flexibility index (Phi) is 4.80. The molecule has 0 aliphatic carbocycles. The van der Waals surface area contributed by atoms with E-state index in [4.69, 9.17) is 0 Å². The molecular formula is C16H21N3O3. The summed E-state index contributed by atoms with van der Waals surface area (Å²) in [7, 11) is 0. The molecule has 1 aliphatic heterocycles. The van der Waals surface area contributed by atoms with E-state index in [2.05, 4.69) is 10.6 Å². The molecule has 0 radical (unpaired) electrons. The van der Waals surface area contributed by atoms with Crippen LogP contribution in [0.5, 0.6) is 0 Å². The number of anilines is 1. The number of fused-ring (bicyclic) bond motifs is 1. The lowest BCUT2D eigenvalue weighted by molar-refractivity contribution is 0.0609. The molecular weight excluding hydrogens is 282 g/mol. The van der Waals surface area contributed by atoms with Crippen LogP contribution in [0.15, 0.2) is 18.2 Å². The highest BCUT2D eigenvalue weighted by atomic mass is 16.2. The lowest BCUT2D eigenvalue weighted by atomic mass is 10.1. The Labute approximate surface area is 129 Å². The maximum absolute atomic E-state index is 12.3. The molecule has 1 aromatic carbocycles. The van der Waals surface area contributed by atoms with E-state index in [1.165, 1.54) is 4.90 Å². The number of carbonyl (C=O) groups excluding carboxylic acids is 3. The predicted octanol–water partition coefficient (Wildman–Crippen LogP) is 2.61. The Morgan fingerprint density at radius 1 is 1.18 bits per heavy atom. The van der Waals surface area contributed by atoms with Gasteiger partial charge >= 0.3 is 6.03 Å². The number of amides is 4. The van der Waals surface area contributed by atoms with Gasteiger partial charge in [0.2, 0.25) is 0 Å². The molecule has 0 bridgehead atoms. The number of rotatable bonds is 5. The second kappa shape index (κ2) is 6.60. The van der Waals surface area contributed by atoms with Crippen LogP contribution in [0.25, 0.3) is 0 Å². The van der Waals surface area contributed by atoms with Crippen molar-refractivity contribution < 1.29 is 14.4 Å². The summed E-state index contributed by atoms with van der Waals surface area (Å²) in [6.07, 6.45) is 1.91. The van der Waals surface area contributed by atoms with E-state index in [0.29, 0.717) is 23.4 Å². The molecule has 0 saturated carbocycles. The van der Waals surface area contributed by atoms with Crippen LogP contribution in [0.4, 0.5) is 10.5 Å². The van der Waals surface area contributed by atoms with Crippen molar-refractivity contribution in [1.82, 2.24) is 10.2 Å². The number of nitrogens with one attached hydrogen (secondary N) is 2. The van der Waals surface area contributed by atoms with Crippen LogP contribution in [-0.2, 0) is 0 Å². The largest absolute Gasteiger partial charge is 0.338 e. The summed E-state index contributed by atoms with van der Waals surface area (Å²) in [5.74, 6) is -0.598. The number of urea groups is 1. The minimum absolute atomic E-state index is 0.193. The first-order valence-corrected chi connectivity index (χ1v) is 7.52. The van der Waals surface area contributed by atoms with Crippen molar-refractivity contribution in [3.63, 3.8) is 0 Å². The summed E-state index contributed by atoms with van der Waals surface area (Å²) >= 11 is 0. The number of nitrogens with zero attached hydrogens (tertiary/aromatic N) is 1. The highest BCUT2D eigenvalue weighted by Gasteiger charge is 2.37. The zero-order chi connectivity index (χ0) is 16.3. The second-order valence-corrected chi connectivity index (χ2v) is 5.57. The zero-order valence-corrected chi connectivity index (χ0v) is 13.1. The highest BCUT2D eigenvalue weighted by Crippen LogP contribution is 2.27. The lowest BCUT2D eigenvalue weighted by Crippen LogP contribution is -2.35. The molecule has 0 saturated heterocycles. The Balaban J connectivity index is 2.12. The normalized spacial score (nSPS) is 13.5. The SMILES string of the molecule is CCCCNC(=O)Nc1ccc2c(c1)C(=O)N(C(C)C)C2=O. The van der Waals surface area contributed by atoms with Gasteiger partial charge in [0.1, 0.15) is 0 Å².